The van der Waals surface area contributed by atoms with Gasteiger partial charge in [0.2, 0.25) is 0 Å². The first-order chi connectivity index (χ1) is 13.4. The lowest BCUT2D eigenvalue weighted by Gasteiger charge is -2.21. The number of unbranched alkanes of at least 4 members (excludes halogenated alkanes) is 5. The van der Waals surface area contributed by atoms with Gasteiger partial charge in [0, 0.05) is 0 Å². The highest BCUT2D eigenvalue weighted by molar-refractivity contribution is 7.92. The Bertz CT molecular complexity index is 594. The zero-order valence-corrected chi connectivity index (χ0v) is 19.6. The van der Waals surface area contributed by atoms with Crippen LogP contribution in [0.1, 0.15) is 105 Å². The summed E-state index contributed by atoms with van der Waals surface area (Å²) in [5, 5.41) is -0.237. The van der Waals surface area contributed by atoms with Gasteiger partial charge in [-0.15, -0.1) is 0 Å². The fourth-order valence-electron chi connectivity index (χ4n) is 3.91. The number of sulfone groups is 1. The molecule has 3 atom stereocenters. The second-order valence-electron chi connectivity index (χ2n) is 8.82. The van der Waals surface area contributed by atoms with Gasteiger partial charge in [-0.2, -0.15) is 0 Å². The lowest BCUT2D eigenvalue weighted by Crippen LogP contribution is -2.24. The van der Waals surface area contributed by atoms with E-state index in [1.165, 1.54) is 44.9 Å². The summed E-state index contributed by atoms with van der Waals surface area (Å²) < 4.78 is 26.2. The van der Waals surface area contributed by atoms with Gasteiger partial charge < -0.3 is 0 Å². The quantitative estimate of drug-likeness (QED) is 0.261. The molecule has 0 saturated carbocycles. The third-order valence-electron chi connectivity index (χ3n) is 6.15. The van der Waals surface area contributed by atoms with E-state index in [0.29, 0.717) is 10.8 Å². The van der Waals surface area contributed by atoms with E-state index < -0.39 is 9.84 Å². The summed E-state index contributed by atoms with van der Waals surface area (Å²) in [6.07, 6.45) is 14.0. The van der Waals surface area contributed by atoms with Crippen molar-refractivity contribution in [1.82, 2.24) is 0 Å². The average molecular weight is 409 g/mol. The Labute approximate surface area is 175 Å². The molecule has 0 aromatic heterocycles. The molecule has 0 aliphatic heterocycles. The van der Waals surface area contributed by atoms with Crippen LogP contribution in [-0.2, 0) is 9.84 Å². The van der Waals surface area contributed by atoms with Gasteiger partial charge in [-0.1, -0.05) is 110 Å². The molecule has 0 radical (unpaired) electrons. The summed E-state index contributed by atoms with van der Waals surface area (Å²) in [5.74, 6) is 1.31. The molecule has 0 N–H and O–H groups in total. The Hall–Kier alpha value is -0.830. The predicted molar refractivity (Wildman–Crippen MR) is 122 cm³/mol. The molecule has 0 aliphatic carbocycles. The smallest absolute Gasteiger partial charge is 0.181 e. The van der Waals surface area contributed by atoms with E-state index in [9.17, 15) is 8.42 Å². The van der Waals surface area contributed by atoms with Crippen molar-refractivity contribution in [2.45, 2.75) is 115 Å². The fourth-order valence-corrected chi connectivity index (χ4v) is 5.89. The summed E-state index contributed by atoms with van der Waals surface area (Å²) in [6, 6.07) is 9.03. The normalized spacial score (nSPS) is 15.3. The molecule has 0 bridgehead atoms. The standard InChI is InChI=1S/C25H44O2S/c1-5-7-16-23(4)17-12-9-8-10-13-20-25(21-22(3)6-2)28(26,27)24-18-14-11-15-19-24/h11,14-15,18-19,22-23,25H,5-10,12-13,16-17,20-21H2,1-4H3/t22-,23-,25-/m0/s1. The predicted octanol–water partition coefficient (Wildman–Crippen LogP) is 7.82. The highest BCUT2D eigenvalue weighted by Gasteiger charge is 2.28. The fraction of sp³-hybridized carbons (Fsp3) is 0.760. The lowest BCUT2D eigenvalue weighted by molar-refractivity contribution is 0.435. The van der Waals surface area contributed by atoms with E-state index in [2.05, 4.69) is 27.7 Å². The molecular weight excluding hydrogens is 364 g/mol. The molecule has 3 heteroatoms. The molecule has 1 rings (SSSR count). The number of hydrogen-bond acceptors (Lipinski definition) is 2. The van der Waals surface area contributed by atoms with E-state index in [4.69, 9.17) is 0 Å². The Morgan fingerprint density at radius 3 is 1.93 bits per heavy atom. The molecule has 0 saturated heterocycles. The molecule has 0 fully saturated rings. The maximum Gasteiger partial charge on any atom is 0.181 e. The van der Waals surface area contributed by atoms with E-state index in [0.717, 1.165) is 38.0 Å². The van der Waals surface area contributed by atoms with Crippen molar-refractivity contribution in [2.75, 3.05) is 0 Å². The maximum absolute atomic E-state index is 13.1. The largest absolute Gasteiger partial charge is 0.223 e. The van der Waals surface area contributed by atoms with Crippen LogP contribution in [0.4, 0.5) is 0 Å². The molecule has 0 aliphatic rings. The first-order valence-electron chi connectivity index (χ1n) is 11.7. The third kappa shape index (κ3) is 9.58. The summed E-state index contributed by atoms with van der Waals surface area (Å²) >= 11 is 0. The van der Waals surface area contributed by atoms with Gasteiger partial charge >= 0.3 is 0 Å². The van der Waals surface area contributed by atoms with E-state index in [1.807, 2.05) is 18.2 Å². The zero-order valence-electron chi connectivity index (χ0n) is 18.8. The number of benzene rings is 1. The molecule has 1 aromatic rings. The third-order valence-corrected chi connectivity index (χ3v) is 8.38. The molecule has 28 heavy (non-hydrogen) atoms. The topological polar surface area (TPSA) is 34.1 Å². The highest BCUT2D eigenvalue weighted by atomic mass is 32.2. The summed E-state index contributed by atoms with van der Waals surface area (Å²) in [4.78, 5) is 0.490. The van der Waals surface area contributed by atoms with Crippen LogP contribution in [0.3, 0.4) is 0 Å². The molecule has 162 valence electrons. The lowest BCUT2D eigenvalue weighted by atomic mass is 9.96. The van der Waals surface area contributed by atoms with E-state index >= 15 is 0 Å². The SMILES string of the molecule is CCCC[C@H](C)CCCCCCC[C@@H](C[C@@H](C)CC)S(=O)(=O)c1ccccc1. The van der Waals surface area contributed by atoms with Crippen molar-refractivity contribution < 1.29 is 8.42 Å². The van der Waals surface area contributed by atoms with Crippen LogP contribution in [0, 0.1) is 11.8 Å². The Balaban J connectivity index is 2.43. The van der Waals surface area contributed by atoms with Crippen molar-refractivity contribution in [3.63, 3.8) is 0 Å². The van der Waals surface area contributed by atoms with E-state index in [-0.39, 0.29) is 5.25 Å². The minimum atomic E-state index is -3.22. The second kappa shape index (κ2) is 14.2. The Kier molecular flexibility index (Phi) is 12.8. The molecule has 0 heterocycles. The molecule has 0 unspecified atom stereocenters. The molecule has 1 aromatic carbocycles. The van der Waals surface area contributed by atoms with Crippen LogP contribution in [0.2, 0.25) is 0 Å². The number of rotatable bonds is 16. The van der Waals surface area contributed by atoms with Crippen LogP contribution >= 0.6 is 0 Å². The second-order valence-corrected chi connectivity index (χ2v) is 11.0. The zero-order chi connectivity index (χ0) is 20.8. The Morgan fingerprint density at radius 1 is 0.750 bits per heavy atom. The van der Waals surface area contributed by atoms with Gasteiger partial charge in [0.25, 0.3) is 0 Å². The minimum absolute atomic E-state index is 0.237. The van der Waals surface area contributed by atoms with Crippen LogP contribution in [0.25, 0.3) is 0 Å². The highest BCUT2D eigenvalue weighted by Crippen LogP contribution is 2.27. The van der Waals surface area contributed by atoms with Crippen molar-refractivity contribution >= 4 is 9.84 Å². The minimum Gasteiger partial charge on any atom is -0.223 e. The van der Waals surface area contributed by atoms with Crippen molar-refractivity contribution in [2.24, 2.45) is 11.8 Å². The van der Waals surface area contributed by atoms with Gasteiger partial charge in [0.15, 0.2) is 9.84 Å². The summed E-state index contributed by atoms with van der Waals surface area (Å²) in [5.41, 5.74) is 0. The summed E-state index contributed by atoms with van der Waals surface area (Å²) in [6.45, 7) is 8.97. The van der Waals surface area contributed by atoms with Gasteiger partial charge in [0.05, 0.1) is 10.1 Å². The molecule has 0 spiro atoms. The van der Waals surface area contributed by atoms with Crippen molar-refractivity contribution in [1.29, 1.82) is 0 Å². The molecule has 2 nitrogen and oxygen atoms in total. The van der Waals surface area contributed by atoms with Crippen molar-refractivity contribution in [3.05, 3.63) is 30.3 Å². The molecular formula is C25H44O2S. The van der Waals surface area contributed by atoms with Gasteiger partial charge in [-0.3, -0.25) is 0 Å². The average Bonchev–Trinajstić information content (AvgIpc) is 2.70. The van der Waals surface area contributed by atoms with Crippen LogP contribution in [-0.4, -0.2) is 13.7 Å². The number of hydrogen-bond donors (Lipinski definition) is 0. The van der Waals surface area contributed by atoms with E-state index in [1.54, 1.807) is 12.1 Å². The first kappa shape index (κ1) is 25.2. The van der Waals surface area contributed by atoms with Gasteiger partial charge in [0.1, 0.15) is 0 Å². The Morgan fingerprint density at radius 2 is 1.32 bits per heavy atom. The van der Waals surface area contributed by atoms with Crippen LogP contribution in [0.5, 0.6) is 0 Å². The van der Waals surface area contributed by atoms with Gasteiger partial charge in [-0.05, 0) is 36.8 Å². The first-order valence-corrected chi connectivity index (χ1v) is 13.2. The maximum atomic E-state index is 13.1. The summed E-state index contributed by atoms with van der Waals surface area (Å²) in [7, 11) is -3.22. The molecule has 0 amide bonds. The van der Waals surface area contributed by atoms with Crippen molar-refractivity contribution in [3.8, 4) is 0 Å². The monoisotopic (exact) mass is 408 g/mol. The van der Waals surface area contributed by atoms with Crippen LogP contribution in [0.15, 0.2) is 35.2 Å². The van der Waals surface area contributed by atoms with Crippen LogP contribution < -0.4 is 0 Å². The van der Waals surface area contributed by atoms with Gasteiger partial charge in [-0.25, -0.2) is 8.42 Å².